The minimum Gasteiger partial charge on any atom is -0.446 e. The average molecular weight is 132 g/mol. The molecule has 0 aromatic carbocycles. The van der Waals surface area contributed by atoms with Crippen molar-refractivity contribution in [2.45, 2.75) is 19.6 Å². The van der Waals surface area contributed by atoms with Gasteiger partial charge in [-0.25, -0.2) is 0 Å². The van der Waals surface area contributed by atoms with Crippen LogP contribution in [0.25, 0.3) is 0 Å². The van der Waals surface area contributed by atoms with Crippen LogP contribution in [0.2, 0.25) is 0 Å². The molecule has 0 aliphatic carbocycles. The molecule has 0 aliphatic rings. The van der Waals surface area contributed by atoms with Crippen LogP contribution in [0.4, 0.5) is 0 Å². The van der Waals surface area contributed by atoms with Gasteiger partial charge in [-0.1, -0.05) is 6.92 Å². The van der Waals surface area contributed by atoms with Gasteiger partial charge >= 0.3 is 5.97 Å². The Kier molecular flexibility index (Phi) is 4.00. The molecular formula is C5H12N2O2. The molecule has 4 heteroatoms. The molecule has 0 aliphatic heterocycles. The third-order valence-electron chi connectivity index (χ3n) is 0.852. The van der Waals surface area contributed by atoms with Crippen LogP contribution in [0.3, 0.4) is 0 Å². The maximum absolute atomic E-state index is 10.4. The highest BCUT2D eigenvalue weighted by molar-refractivity contribution is 5.71. The van der Waals surface area contributed by atoms with Crippen molar-refractivity contribution in [1.29, 1.82) is 0 Å². The summed E-state index contributed by atoms with van der Waals surface area (Å²) in [5.74, 6) is -0.454. The summed E-state index contributed by atoms with van der Waals surface area (Å²) in [4.78, 5) is 10.4. The first-order valence-corrected chi connectivity index (χ1v) is 2.85. The van der Waals surface area contributed by atoms with Crippen molar-refractivity contribution >= 4 is 5.97 Å². The van der Waals surface area contributed by atoms with E-state index in [1.807, 2.05) is 6.92 Å². The van der Waals surface area contributed by atoms with Crippen molar-refractivity contribution in [2.75, 3.05) is 6.54 Å². The molecule has 0 aromatic heterocycles. The molecule has 0 rings (SSSR count). The number of hydrogen-bond donors (Lipinski definition) is 2. The van der Waals surface area contributed by atoms with Crippen LogP contribution in [0.5, 0.6) is 0 Å². The van der Waals surface area contributed by atoms with Crippen molar-refractivity contribution in [3.63, 3.8) is 0 Å². The summed E-state index contributed by atoms with van der Waals surface area (Å²) in [6.07, 6.45) is 0.118. The van der Waals surface area contributed by atoms with Gasteiger partial charge in [-0.2, -0.15) is 0 Å². The molecule has 4 N–H and O–H groups in total. The van der Waals surface area contributed by atoms with Crippen LogP contribution in [0.15, 0.2) is 0 Å². The number of hydrogen-bond acceptors (Lipinski definition) is 4. The molecule has 0 bridgehead atoms. The van der Waals surface area contributed by atoms with Crippen LogP contribution in [-0.4, -0.2) is 18.7 Å². The summed E-state index contributed by atoms with van der Waals surface area (Å²) >= 11 is 0. The largest absolute Gasteiger partial charge is 0.446 e. The van der Waals surface area contributed by atoms with E-state index in [0.717, 1.165) is 0 Å². The van der Waals surface area contributed by atoms with E-state index in [9.17, 15) is 4.79 Å². The molecule has 0 spiro atoms. The van der Waals surface area contributed by atoms with Gasteiger partial charge in [-0.05, 0) is 6.42 Å². The number of rotatable bonds is 3. The van der Waals surface area contributed by atoms with Crippen LogP contribution < -0.4 is 11.5 Å². The van der Waals surface area contributed by atoms with Gasteiger partial charge in [0, 0.05) is 0 Å². The summed E-state index contributed by atoms with van der Waals surface area (Å²) < 4.78 is 4.56. The molecular weight excluding hydrogens is 120 g/mol. The lowest BCUT2D eigenvalue weighted by molar-refractivity contribution is -0.147. The number of ether oxygens (including phenoxy) is 1. The molecule has 0 aromatic rings. The Balaban J connectivity index is 3.34. The van der Waals surface area contributed by atoms with Crippen molar-refractivity contribution in [3.05, 3.63) is 0 Å². The Hall–Kier alpha value is -0.610. The Morgan fingerprint density at radius 2 is 2.33 bits per heavy atom. The third kappa shape index (κ3) is 3.93. The van der Waals surface area contributed by atoms with E-state index in [-0.39, 0.29) is 6.54 Å². The van der Waals surface area contributed by atoms with Gasteiger partial charge in [0.2, 0.25) is 0 Å². The summed E-state index contributed by atoms with van der Waals surface area (Å²) in [7, 11) is 0. The van der Waals surface area contributed by atoms with Gasteiger partial charge in [0.25, 0.3) is 0 Å². The van der Waals surface area contributed by atoms with Crippen LogP contribution >= 0.6 is 0 Å². The molecule has 0 fully saturated rings. The molecule has 9 heavy (non-hydrogen) atoms. The molecule has 54 valence electrons. The smallest absolute Gasteiger partial charge is 0.321 e. The highest BCUT2D eigenvalue weighted by atomic mass is 16.6. The van der Waals surface area contributed by atoms with E-state index >= 15 is 0 Å². The monoisotopic (exact) mass is 132 g/mol. The van der Waals surface area contributed by atoms with Crippen molar-refractivity contribution in [2.24, 2.45) is 11.5 Å². The second kappa shape index (κ2) is 4.29. The molecule has 4 nitrogen and oxygen atoms in total. The zero-order valence-electron chi connectivity index (χ0n) is 5.46. The molecule has 0 radical (unpaired) electrons. The standard InChI is InChI=1S/C5H12N2O2/c1-2-4(7)9-5(8)3-6/h4H,2-3,6-7H2,1H3. The van der Waals surface area contributed by atoms with E-state index in [4.69, 9.17) is 11.5 Å². The first-order valence-electron chi connectivity index (χ1n) is 2.85. The van der Waals surface area contributed by atoms with Crippen LogP contribution in [0.1, 0.15) is 13.3 Å². The average Bonchev–Trinajstić information content (AvgIpc) is 1.87. The summed E-state index contributed by atoms with van der Waals surface area (Å²) in [5.41, 5.74) is 10.2. The maximum Gasteiger partial charge on any atom is 0.321 e. The van der Waals surface area contributed by atoms with Gasteiger partial charge in [-0.15, -0.1) is 0 Å². The number of carbonyl (C=O) groups is 1. The topological polar surface area (TPSA) is 78.3 Å². The van der Waals surface area contributed by atoms with E-state index in [2.05, 4.69) is 4.74 Å². The van der Waals surface area contributed by atoms with Crippen molar-refractivity contribution < 1.29 is 9.53 Å². The fourth-order valence-corrected chi connectivity index (χ4v) is 0.300. The highest BCUT2D eigenvalue weighted by Crippen LogP contribution is 1.87. The zero-order chi connectivity index (χ0) is 7.28. The molecule has 0 heterocycles. The lowest BCUT2D eigenvalue weighted by Gasteiger charge is -2.08. The fraction of sp³-hybridized carbons (Fsp3) is 0.800. The van der Waals surface area contributed by atoms with E-state index in [1.54, 1.807) is 0 Å². The van der Waals surface area contributed by atoms with E-state index in [0.29, 0.717) is 6.42 Å². The Morgan fingerprint density at radius 3 is 2.67 bits per heavy atom. The summed E-state index contributed by atoms with van der Waals surface area (Å²) in [6, 6.07) is 0. The molecule has 0 saturated carbocycles. The summed E-state index contributed by atoms with van der Waals surface area (Å²) in [5, 5.41) is 0. The Morgan fingerprint density at radius 1 is 1.78 bits per heavy atom. The minimum atomic E-state index is -0.499. The van der Waals surface area contributed by atoms with Gasteiger partial charge in [0.05, 0.1) is 6.54 Å². The molecule has 1 unspecified atom stereocenters. The normalized spacial score (nSPS) is 12.8. The predicted molar refractivity (Wildman–Crippen MR) is 33.4 cm³/mol. The van der Waals surface area contributed by atoms with Gasteiger partial charge in [0.1, 0.15) is 0 Å². The quantitative estimate of drug-likeness (QED) is 0.388. The minimum absolute atomic E-state index is 0.103. The molecule has 1 atom stereocenters. The second-order valence-corrected chi connectivity index (χ2v) is 1.64. The van der Waals surface area contributed by atoms with E-state index in [1.165, 1.54) is 0 Å². The molecule has 0 saturated heterocycles. The Labute approximate surface area is 54.2 Å². The highest BCUT2D eigenvalue weighted by Gasteiger charge is 2.03. The van der Waals surface area contributed by atoms with Gasteiger partial charge in [-0.3, -0.25) is 10.5 Å². The Bertz CT molecular complexity index is 95.0. The zero-order valence-corrected chi connectivity index (χ0v) is 5.46. The maximum atomic E-state index is 10.4. The van der Waals surface area contributed by atoms with Gasteiger partial charge < -0.3 is 10.5 Å². The van der Waals surface area contributed by atoms with Crippen molar-refractivity contribution in [3.8, 4) is 0 Å². The SMILES string of the molecule is CCC(N)OC(=O)CN. The second-order valence-electron chi connectivity index (χ2n) is 1.64. The van der Waals surface area contributed by atoms with Crippen LogP contribution in [-0.2, 0) is 9.53 Å². The first kappa shape index (κ1) is 8.39. The number of esters is 1. The lowest BCUT2D eigenvalue weighted by Crippen LogP contribution is -2.29. The third-order valence-corrected chi connectivity index (χ3v) is 0.852. The lowest BCUT2D eigenvalue weighted by atomic mass is 10.4. The van der Waals surface area contributed by atoms with Gasteiger partial charge in [0.15, 0.2) is 6.23 Å². The van der Waals surface area contributed by atoms with Crippen LogP contribution in [0, 0.1) is 0 Å². The summed E-state index contributed by atoms with van der Waals surface area (Å²) in [6.45, 7) is 1.72. The molecule has 0 amide bonds. The fourth-order valence-electron chi connectivity index (χ4n) is 0.300. The predicted octanol–water partition coefficient (Wildman–Crippen LogP) is -0.817. The number of carbonyl (C=O) groups excluding carboxylic acids is 1. The van der Waals surface area contributed by atoms with E-state index < -0.39 is 12.2 Å². The number of nitrogens with two attached hydrogens (primary N) is 2. The van der Waals surface area contributed by atoms with Crippen molar-refractivity contribution in [1.82, 2.24) is 0 Å². The first-order chi connectivity index (χ1) is 4.20.